The van der Waals surface area contributed by atoms with Gasteiger partial charge in [-0.2, -0.15) is 11.8 Å². The van der Waals surface area contributed by atoms with E-state index in [9.17, 15) is 0 Å². The van der Waals surface area contributed by atoms with Gasteiger partial charge in [0.15, 0.2) is 0 Å². The Morgan fingerprint density at radius 1 is 1.58 bits per heavy atom. The van der Waals surface area contributed by atoms with Gasteiger partial charge in [0, 0.05) is 32.0 Å². The minimum Gasteiger partial charge on any atom is -0.396 e. The average molecular weight is 189 g/mol. The molecule has 0 radical (unpaired) electrons. The fourth-order valence-corrected chi connectivity index (χ4v) is 2.62. The third-order valence-electron chi connectivity index (χ3n) is 2.16. The van der Waals surface area contributed by atoms with Crippen molar-refractivity contribution < 1.29 is 5.11 Å². The molecular formula is C9H19NOS. The first-order valence-electron chi connectivity index (χ1n) is 4.74. The molecule has 1 unspecified atom stereocenters. The van der Waals surface area contributed by atoms with Crippen LogP contribution in [0, 0.1) is 5.92 Å². The van der Waals surface area contributed by atoms with E-state index in [4.69, 9.17) is 5.11 Å². The van der Waals surface area contributed by atoms with Gasteiger partial charge in [0.25, 0.3) is 0 Å². The van der Waals surface area contributed by atoms with Crippen molar-refractivity contribution >= 4 is 11.8 Å². The largest absolute Gasteiger partial charge is 0.396 e. The molecule has 1 saturated heterocycles. The van der Waals surface area contributed by atoms with Gasteiger partial charge in [-0.05, 0) is 18.1 Å². The Morgan fingerprint density at radius 3 is 3.17 bits per heavy atom. The molecule has 1 aliphatic heterocycles. The molecule has 12 heavy (non-hydrogen) atoms. The summed E-state index contributed by atoms with van der Waals surface area (Å²) in [5, 5.41) is 8.70. The van der Waals surface area contributed by atoms with Crippen LogP contribution in [0.4, 0.5) is 0 Å². The van der Waals surface area contributed by atoms with E-state index in [0.29, 0.717) is 6.61 Å². The van der Waals surface area contributed by atoms with Gasteiger partial charge >= 0.3 is 0 Å². The van der Waals surface area contributed by atoms with Crippen molar-refractivity contribution in [3.8, 4) is 0 Å². The number of aliphatic hydroxyl groups is 1. The van der Waals surface area contributed by atoms with Gasteiger partial charge in [0.1, 0.15) is 0 Å². The summed E-state index contributed by atoms with van der Waals surface area (Å²) >= 11 is 2.06. The van der Waals surface area contributed by atoms with Crippen LogP contribution in [0.15, 0.2) is 0 Å². The van der Waals surface area contributed by atoms with Gasteiger partial charge in [0.2, 0.25) is 0 Å². The summed E-state index contributed by atoms with van der Waals surface area (Å²) in [5.74, 6) is 3.38. The van der Waals surface area contributed by atoms with Gasteiger partial charge in [-0.15, -0.1) is 0 Å². The summed E-state index contributed by atoms with van der Waals surface area (Å²) in [6, 6.07) is 0. The number of rotatable bonds is 3. The molecule has 1 aliphatic rings. The molecule has 0 aromatic carbocycles. The molecule has 1 N–H and O–H groups in total. The van der Waals surface area contributed by atoms with Crippen molar-refractivity contribution in [2.24, 2.45) is 5.92 Å². The molecular weight excluding hydrogens is 170 g/mol. The van der Waals surface area contributed by atoms with E-state index in [1.807, 2.05) is 0 Å². The number of thioether (sulfide) groups is 1. The maximum atomic E-state index is 8.70. The highest BCUT2D eigenvalue weighted by molar-refractivity contribution is 7.99. The zero-order valence-electron chi connectivity index (χ0n) is 7.83. The predicted molar refractivity (Wildman–Crippen MR) is 54.6 cm³/mol. The van der Waals surface area contributed by atoms with Crippen molar-refractivity contribution in [1.29, 1.82) is 0 Å². The normalized spacial score (nSPS) is 27.0. The first kappa shape index (κ1) is 10.4. The molecule has 3 heteroatoms. The van der Waals surface area contributed by atoms with Crippen molar-refractivity contribution in [3.63, 3.8) is 0 Å². The molecule has 1 atom stereocenters. The van der Waals surface area contributed by atoms with Gasteiger partial charge in [-0.3, -0.25) is 0 Å². The van der Waals surface area contributed by atoms with Crippen LogP contribution in [0.3, 0.4) is 0 Å². The first-order valence-corrected chi connectivity index (χ1v) is 5.89. The van der Waals surface area contributed by atoms with Gasteiger partial charge in [-0.25, -0.2) is 0 Å². The Kier molecular flexibility index (Phi) is 5.04. The van der Waals surface area contributed by atoms with Crippen LogP contribution in [0.2, 0.25) is 0 Å². The van der Waals surface area contributed by atoms with Gasteiger partial charge in [-0.1, -0.05) is 6.92 Å². The third-order valence-corrected chi connectivity index (χ3v) is 3.43. The lowest BCUT2D eigenvalue weighted by Crippen LogP contribution is -2.30. The van der Waals surface area contributed by atoms with Crippen molar-refractivity contribution in [2.75, 3.05) is 37.7 Å². The standard InChI is InChI=1S/C9H19NOS/c1-9-7-10(3-2-5-11)4-6-12-8-9/h9,11H,2-8H2,1H3. The lowest BCUT2D eigenvalue weighted by Gasteiger charge is -2.21. The van der Waals surface area contributed by atoms with E-state index in [1.165, 1.54) is 24.6 Å². The van der Waals surface area contributed by atoms with Crippen molar-refractivity contribution in [1.82, 2.24) is 4.90 Å². The van der Waals surface area contributed by atoms with Crippen LogP contribution in [0.5, 0.6) is 0 Å². The first-order chi connectivity index (χ1) is 5.83. The van der Waals surface area contributed by atoms with E-state index in [2.05, 4.69) is 23.6 Å². The van der Waals surface area contributed by atoms with Crippen LogP contribution in [0.1, 0.15) is 13.3 Å². The Hall–Kier alpha value is 0.270. The SMILES string of the molecule is CC1CSCCN(CCCO)C1. The Bertz CT molecular complexity index is 121. The van der Waals surface area contributed by atoms with Crippen LogP contribution in [-0.2, 0) is 0 Å². The third kappa shape index (κ3) is 3.78. The lowest BCUT2D eigenvalue weighted by atomic mass is 10.2. The van der Waals surface area contributed by atoms with Crippen LogP contribution in [0.25, 0.3) is 0 Å². The molecule has 0 saturated carbocycles. The van der Waals surface area contributed by atoms with E-state index in [0.717, 1.165) is 18.9 Å². The summed E-state index contributed by atoms with van der Waals surface area (Å²) in [4.78, 5) is 2.47. The monoisotopic (exact) mass is 189 g/mol. The van der Waals surface area contributed by atoms with Crippen molar-refractivity contribution in [3.05, 3.63) is 0 Å². The zero-order valence-corrected chi connectivity index (χ0v) is 8.65. The second-order valence-electron chi connectivity index (χ2n) is 3.56. The van der Waals surface area contributed by atoms with Crippen LogP contribution in [-0.4, -0.2) is 47.8 Å². The molecule has 0 aromatic heterocycles. The molecule has 1 fully saturated rings. The molecule has 1 heterocycles. The van der Waals surface area contributed by atoms with E-state index in [1.54, 1.807) is 0 Å². The minimum absolute atomic E-state index is 0.331. The number of hydrogen-bond donors (Lipinski definition) is 1. The van der Waals surface area contributed by atoms with Crippen LogP contribution < -0.4 is 0 Å². The highest BCUT2D eigenvalue weighted by Crippen LogP contribution is 2.14. The maximum absolute atomic E-state index is 8.70. The van der Waals surface area contributed by atoms with E-state index < -0.39 is 0 Å². The molecule has 0 aromatic rings. The number of hydrogen-bond acceptors (Lipinski definition) is 3. The molecule has 1 rings (SSSR count). The molecule has 0 aliphatic carbocycles. The molecule has 0 amide bonds. The lowest BCUT2D eigenvalue weighted by molar-refractivity contribution is 0.220. The second-order valence-corrected chi connectivity index (χ2v) is 4.71. The number of nitrogens with zero attached hydrogens (tertiary/aromatic N) is 1. The second kappa shape index (κ2) is 5.84. The molecule has 72 valence electrons. The van der Waals surface area contributed by atoms with Gasteiger partial charge in [0.05, 0.1) is 0 Å². The summed E-state index contributed by atoms with van der Waals surface area (Å²) in [5.41, 5.74) is 0. The summed E-state index contributed by atoms with van der Waals surface area (Å²) < 4.78 is 0. The predicted octanol–water partition coefficient (Wildman–Crippen LogP) is 1.05. The van der Waals surface area contributed by atoms with Gasteiger partial charge < -0.3 is 10.0 Å². The summed E-state index contributed by atoms with van der Waals surface area (Å²) in [6.07, 6.45) is 0.928. The molecule has 2 nitrogen and oxygen atoms in total. The Balaban J connectivity index is 2.21. The number of aliphatic hydroxyl groups excluding tert-OH is 1. The quantitative estimate of drug-likeness (QED) is 0.718. The Morgan fingerprint density at radius 2 is 2.42 bits per heavy atom. The maximum Gasteiger partial charge on any atom is 0.0443 e. The van der Waals surface area contributed by atoms with E-state index in [-0.39, 0.29) is 0 Å². The highest BCUT2D eigenvalue weighted by atomic mass is 32.2. The summed E-state index contributed by atoms with van der Waals surface area (Å²) in [6.45, 7) is 6.13. The summed E-state index contributed by atoms with van der Waals surface area (Å²) in [7, 11) is 0. The van der Waals surface area contributed by atoms with Crippen LogP contribution >= 0.6 is 11.8 Å². The average Bonchev–Trinajstić information content (AvgIpc) is 2.26. The topological polar surface area (TPSA) is 23.5 Å². The van der Waals surface area contributed by atoms with E-state index >= 15 is 0 Å². The fourth-order valence-electron chi connectivity index (χ4n) is 1.56. The molecule has 0 bridgehead atoms. The highest BCUT2D eigenvalue weighted by Gasteiger charge is 2.13. The molecule has 0 spiro atoms. The Labute approximate surface area is 79.3 Å². The fraction of sp³-hybridized carbons (Fsp3) is 1.00. The zero-order chi connectivity index (χ0) is 8.81. The van der Waals surface area contributed by atoms with Crippen molar-refractivity contribution in [2.45, 2.75) is 13.3 Å². The smallest absolute Gasteiger partial charge is 0.0443 e. The minimum atomic E-state index is 0.331.